The molecule has 2 unspecified atom stereocenters. The van der Waals surface area contributed by atoms with Crippen LogP contribution in [0.1, 0.15) is 5.56 Å². The minimum atomic E-state index is -1.000. The summed E-state index contributed by atoms with van der Waals surface area (Å²) in [7, 11) is 3.99. The molecule has 43 heavy (non-hydrogen) atoms. The third-order valence-corrected chi connectivity index (χ3v) is 7.32. The van der Waals surface area contributed by atoms with Gasteiger partial charge in [-0.2, -0.15) is 0 Å². The Kier molecular flexibility index (Phi) is 16.7. The van der Waals surface area contributed by atoms with Crippen LogP contribution in [0.3, 0.4) is 0 Å². The van der Waals surface area contributed by atoms with Crippen LogP contribution in [0, 0.1) is 0 Å². The van der Waals surface area contributed by atoms with Crippen LogP contribution in [-0.4, -0.2) is 172 Å². The van der Waals surface area contributed by atoms with Crippen molar-refractivity contribution in [2.24, 2.45) is 0 Å². The van der Waals surface area contributed by atoms with Crippen molar-refractivity contribution >= 4 is 23.9 Å². The van der Waals surface area contributed by atoms with Gasteiger partial charge in [0.1, 0.15) is 6.04 Å². The van der Waals surface area contributed by atoms with Gasteiger partial charge in [0.25, 0.3) is 0 Å². The SMILES string of the molecule is COC(=O)CN1CCN(CC(=O)OC)CCN(CC(O)CNC(Cc2ccccc2)C(=O)O)CCN(CC(=O)OC)CC1. The number of β-amino-alcohol motifs (C(OH)–C–C–N with tert-alkyl or cyclic N) is 1. The van der Waals surface area contributed by atoms with Gasteiger partial charge in [-0.15, -0.1) is 0 Å². The molecule has 0 bridgehead atoms. The first-order valence-electron chi connectivity index (χ1n) is 14.4. The van der Waals surface area contributed by atoms with Crippen molar-refractivity contribution < 1.29 is 43.6 Å². The second-order valence-corrected chi connectivity index (χ2v) is 10.5. The lowest BCUT2D eigenvalue weighted by Crippen LogP contribution is -2.50. The van der Waals surface area contributed by atoms with Crippen molar-refractivity contribution in [1.29, 1.82) is 0 Å². The smallest absolute Gasteiger partial charge is 0.321 e. The zero-order valence-electron chi connectivity index (χ0n) is 25.5. The highest BCUT2D eigenvalue weighted by atomic mass is 16.5. The second-order valence-electron chi connectivity index (χ2n) is 10.5. The molecule has 0 radical (unpaired) electrons. The molecule has 0 aliphatic carbocycles. The van der Waals surface area contributed by atoms with E-state index in [1.54, 1.807) is 0 Å². The number of carboxylic acids is 1. The lowest BCUT2D eigenvalue weighted by atomic mass is 10.1. The van der Waals surface area contributed by atoms with Crippen LogP contribution in [0.2, 0.25) is 0 Å². The first-order chi connectivity index (χ1) is 20.6. The third-order valence-electron chi connectivity index (χ3n) is 7.32. The molecule has 242 valence electrons. The fourth-order valence-corrected chi connectivity index (χ4v) is 4.71. The number of esters is 3. The second kappa shape index (κ2) is 19.9. The average Bonchev–Trinajstić information content (AvgIpc) is 3.00. The molecule has 0 spiro atoms. The summed E-state index contributed by atoms with van der Waals surface area (Å²) in [5.74, 6) is -2.15. The molecule has 0 amide bonds. The Labute approximate surface area is 253 Å². The van der Waals surface area contributed by atoms with Crippen LogP contribution < -0.4 is 5.32 Å². The molecule has 3 N–H and O–H groups in total. The van der Waals surface area contributed by atoms with Gasteiger partial charge in [-0.05, 0) is 12.0 Å². The van der Waals surface area contributed by atoms with Crippen LogP contribution >= 0.6 is 0 Å². The zero-order valence-corrected chi connectivity index (χ0v) is 25.5. The van der Waals surface area contributed by atoms with Gasteiger partial charge >= 0.3 is 23.9 Å². The van der Waals surface area contributed by atoms with E-state index in [0.717, 1.165) is 5.56 Å². The average molecular weight is 610 g/mol. The summed E-state index contributed by atoms with van der Waals surface area (Å²) in [6.45, 7) is 4.34. The highest BCUT2D eigenvalue weighted by molar-refractivity contribution is 5.74. The van der Waals surface area contributed by atoms with Gasteiger partial charge in [0.05, 0.1) is 47.1 Å². The summed E-state index contributed by atoms with van der Waals surface area (Å²) in [6.07, 6.45) is -0.589. The molecule has 1 aromatic carbocycles. The maximum absolute atomic E-state index is 12.1. The van der Waals surface area contributed by atoms with Crippen molar-refractivity contribution in [2.75, 3.05) is 106 Å². The summed E-state index contributed by atoms with van der Waals surface area (Å²) in [6, 6.07) is 8.43. The topological polar surface area (TPSA) is 161 Å². The Balaban J connectivity index is 2.11. The van der Waals surface area contributed by atoms with Crippen LogP contribution in [0.15, 0.2) is 30.3 Å². The number of aliphatic hydroxyl groups is 1. The Morgan fingerprint density at radius 1 is 0.721 bits per heavy atom. The number of nitrogens with zero attached hydrogens (tertiary/aromatic N) is 4. The van der Waals surface area contributed by atoms with Gasteiger partial charge < -0.3 is 29.7 Å². The van der Waals surface area contributed by atoms with Crippen molar-refractivity contribution in [3.8, 4) is 0 Å². The van der Waals surface area contributed by atoms with E-state index in [-0.39, 0.29) is 57.1 Å². The Morgan fingerprint density at radius 2 is 1.12 bits per heavy atom. The van der Waals surface area contributed by atoms with Gasteiger partial charge in [0, 0.05) is 65.4 Å². The predicted octanol–water partition coefficient (Wildman–Crippen LogP) is -1.63. The fourth-order valence-electron chi connectivity index (χ4n) is 4.71. The minimum absolute atomic E-state index is 0.0642. The maximum Gasteiger partial charge on any atom is 0.321 e. The van der Waals surface area contributed by atoms with E-state index < -0.39 is 18.1 Å². The molecule has 1 heterocycles. The van der Waals surface area contributed by atoms with Crippen molar-refractivity contribution in [3.05, 3.63) is 35.9 Å². The molecule has 1 aromatic rings. The number of carbonyl (C=O) groups is 4. The number of carboxylic acid groups (broad SMARTS) is 1. The molecule has 2 rings (SSSR count). The molecule has 14 nitrogen and oxygen atoms in total. The molecule has 1 aliphatic heterocycles. The predicted molar refractivity (Wildman–Crippen MR) is 157 cm³/mol. The first kappa shape index (κ1) is 36.1. The van der Waals surface area contributed by atoms with Crippen molar-refractivity contribution in [3.63, 3.8) is 0 Å². The summed E-state index contributed by atoms with van der Waals surface area (Å²) >= 11 is 0. The van der Waals surface area contributed by atoms with Crippen LogP contribution in [-0.2, 0) is 39.8 Å². The quantitative estimate of drug-likeness (QED) is 0.163. The van der Waals surface area contributed by atoms with Gasteiger partial charge in [0.15, 0.2) is 0 Å². The monoisotopic (exact) mass is 609 g/mol. The molecule has 1 saturated heterocycles. The summed E-state index contributed by atoms with van der Waals surface area (Å²) in [4.78, 5) is 55.9. The highest BCUT2D eigenvalue weighted by Gasteiger charge is 2.23. The third kappa shape index (κ3) is 14.7. The van der Waals surface area contributed by atoms with Crippen molar-refractivity contribution in [1.82, 2.24) is 24.9 Å². The Hall–Kier alpha value is -3.14. The van der Waals surface area contributed by atoms with Gasteiger partial charge in [0.2, 0.25) is 0 Å². The number of rotatable bonds is 14. The number of nitrogens with one attached hydrogen (secondary N) is 1. The number of hydrogen-bond acceptors (Lipinski definition) is 13. The van der Waals surface area contributed by atoms with Gasteiger partial charge in [-0.1, -0.05) is 30.3 Å². The number of carbonyl (C=O) groups excluding carboxylic acids is 3. The first-order valence-corrected chi connectivity index (χ1v) is 14.4. The number of ether oxygens (including phenoxy) is 3. The lowest BCUT2D eigenvalue weighted by molar-refractivity contribution is -0.144. The zero-order chi connectivity index (χ0) is 31.6. The van der Waals surface area contributed by atoms with E-state index in [0.29, 0.717) is 52.4 Å². The molecule has 1 aliphatic rings. The minimum Gasteiger partial charge on any atom is -0.480 e. The van der Waals surface area contributed by atoms with E-state index in [9.17, 15) is 29.4 Å². The summed E-state index contributed by atoms with van der Waals surface area (Å²) < 4.78 is 14.6. The standard InChI is InChI=1S/C29H47N5O9/c1-41-26(36)20-32-11-9-31(19-24(35)18-30-25(29(39)40)17-23-7-5-4-6-8-23)10-12-33(21-27(37)42-2)14-16-34(15-13-32)22-28(38)43-3/h4-8,24-25,30,35H,9-22H2,1-3H3,(H,39,40). The number of methoxy groups -OCH3 is 3. The molecule has 0 aromatic heterocycles. The number of aliphatic hydroxyl groups excluding tert-OH is 1. The number of aliphatic carboxylic acids is 1. The van der Waals surface area contributed by atoms with E-state index in [1.807, 2.05) is 49.9 Å². The normalized spacial score (nSPS) is 18.0. The molecular formula is C29H47N5O9. The lowest BCUT2D eigenvalue weighted by Gasteiger charge is -2.34. The van der Waals surface area contributed by atoms with Crippen LogP contribution in [0.5, 0.6) is 0 Å². The van der Waals surface area contributed by atoms with Crippen LogP contribution in [0.4, 0.5) is 0 Å². The summed E-state index contributed by atoms with van der Waals surface area (Å²) in [5, 5.41) is 23.6. The van der Waals surface area contributed by atoms with Crippen molar-refractivity contribution in [2.45, 2.75) is 18.6 Å². The molecule has 2 atom stereocenters. The van der Waals surface area contributed by atoms with Crippen LogP contribution in [0.25, 0.3) is 0 Å². The highest BCUT2D eigenvalue weighted by Crippen LogP contribution is 2.06. The van der Waals surface area contributed by atoms with E-state index in [1.165, 1.54) is 21.3 Å². The maximum atomic E-state index is 12.1. The molecule has 0 saturated carbocycles. The fraction of sp³-hybridized carbons (Fsp3) is 0.655. The van der Waals surface area contributed by atoms with E-state index >= 15 is 0 Å². The van der Waals surface area contributed by atoms with E-state index in [4.69, 9.17) is 14.2 Å². The number of benzene rings is 1. The van der Waals surface area contributed by atoms with Gasteiger partial charge in [-0.25, -0.2) is 0 Å². The summed E-state index contributed by atoms with van der Waals surface area (Å²) in [5.41, 5.74) is 0.876. The number of hydrogen-bond donors (Lipinski definition) is 3. The van der Waals surface area contributed by atoms with E-state index in [2.05, 4.69) is 5.32 Å². The molecule has 14 heteroatoms. The van der Waals surface area contributed by atoms with Gasteiger partial charge in [-0.3, -0.25) is 38.8 Å². The Bertz CT molecular complexity index is 966. The molecule has 1 fully saturated rings. The Morgan fingerprint density at radius 3 is 1.49 bits per heavy atom. The largest absolute Gasteiger partial charge is 0.480 e. The molecular weight excluding hydrogens is 562 g/mol.